The van der Waals surface area contributed by atoms with Gasteiger partial charge in [0.25, 0.3) is 0 Å². The lowest BCUT2D eigenvalue weighted by Crippen LogP contribution is -2.38. The molecule has 0 radical (unpaired) electrons. The van der Waals surface area contributed by atoms with Crippen LogP contribution in [0.5, 0.6) is 0 Å². The zero-order valence-electron chi connectivity index (χ0n) is 18.0. The summed E-state index contributed by atoms with van der Waals surface area (Å²) in [4.78, 5) is 14.7. The van der Waals surface area contributed by atoms with Crippen LogP contribution in [0.2, 0.25) is 0 Å². The summed E-state index contributed by atoms with van der Waals surface area (Å²) in [7, 11) is 0. The Bertz CT molecular complexity index is 921. The maximum atomic E-state index is 13.7. The maximum absolute atomic E-state index is 13.7. The Balaban J connectivity index is 0.00000289. The number of hydrogen-bond acceptors (Lipinski definition) is 3. The maximum Gasteiger partial charge on any atom is 0.337 e. The van der Waals surface area contributed by atoms with E-state index in [2.05, 4.69) is 4.90 Å². The molecule has 0 N–H and O–H groups in total. The summed E-state index contributed by atoms with van der Waals surface area (Å²) in [5.74, 6) is -0.447. The van der Waals surface area contributed by atoms with Crippen molar-refractivity contribution >= 4 is 30.0 Å². The molecule has 3 aromatic rings. The van der Waals surface area contributed by atoms with E-state index in [1.54, 1.807) is 0 Å². The number of halogens is 2. The van der Waals surface area contributed by atoms with Gasteiger partial charge in [0.15, 0.2) is 4.87 Å². The van der Waals surface area contributed by atoms with Gasteiger partial charge < -0.3 is 4.74 Å². The highest BCUT2D eigenvalue weighted by molar-refractivity contribution is 6.36. The van der Waals surface area contributed by atoms with E-state index < -0.39 is 10.8 Å². The van der Waals surface area contributed by atoms with Gasteiger partial charge in [-0.2, -0.15) is 0 Å². The van der Waals surface area contributed by atoms with Crippen molar-refractivity contribution in [3.8, 4) is 0 Å². The third-order valence-electron chi connectivity index (χ3n) is 5.92. The second kappa shape index (κ2) is 11.5. The Hall–Kier alpha value is -2.33. The Morgan fingerprint density at radius 3 is 1.78 bits per heavy atom. The van der Waals surface area contributed by atoms with Gasteiger partial charge in [0.05, 0.1) is 0 Å². The number of hydrogen-bond donors (Lipinski definition) is 0. The van der Waals surface area contributed by atoms with Crippen molar-refractivity contribution in [2.24, 2.45) is 0 Å². The zero-order chi connectivity index (χ0) is 21.5. The minimum Gasteiger partial charge on any atom is -0.454 e. The molecule has 1 heterocycles. The number of carbonyl (C=O) groups excluding carboxylic acids is 1. The summed E-state index contributed by atoms with van der Waals surface area (Å²) in [6.07, 6.45) is 3.25. The normalized spacial score (nSPS) is 15.4. The fourth-order valence-electron chi connectivity index (χ4n) is 4.20. The second-order valence-electron chi connectivity index (χ2n) is 8.06. The van der Waals surface area contributed by atoms with Crippen molar-refractivity contribution in [2.75, 3.05) is 19.6 Å². The van der Waals surface area contributed by atoms with Crippen LogP contribution >= 0.6 is 24.0 Å². The van der Waals surface area contributed by atoms with Crippen LogP contribution < -0.4 is 0 Å². The summed E-state index contributed by atoms with van der Waals surface area (Å²) >= 11 is 7.13. The highest BCUT2D eigenvalue weighted by atomic mass is 35.5. The van der Waals surface area contributed by atoms with Gasteiger partial charge >= 0.3 is 5.97 Å². The first-order valence-electron chi connectivity index (χ1n) is 11.0. The molecular weight excluding hydrogens is 441 g/mol. The minimum absolute atomic E-state index is 0. The SMILES string of the molecule is Cl.O=C(OC(CN1CCCCC1)c1ccccc1)C(Cl)(c1ccccc1)c1ccccc1. The summed E-state index contributed by atoms with van der Waals surface area (Å²) < 4.78 is 6.20. The van der Waals surface area contributed by atoms with E-state index in [1.807, 2.05) is 91.0 Å². The monoisotopic (exact) mass is 469 g/mol. The topological polar surface area (TPSA) is 29.5 Å². The lowest BCUT2D eigenvalue weighted by Gasteiger charge is -2.33. The lowest BCUT2D eigenvalue weighted by atomic mass is 9.90. The lowest BCUT2D eigenvalue weighted by molar-refractivity contribution is -0.153. The molecule has 5 heteroatoms. The first-order valence-corrected chi connectivity index (χ1v) is 11.3. The van der Waals surface area contributed by atoms with Crippen LogP contribution in [0.1, 0.15) is 42.1 Å². The van der Waals surface area contributed by atoms with Gasteiger partial charge in [-0.25, -0.2) is 4.79 Å². The molecule has 0 spiro atoms. The molecule has 1 saturated heterocycles. The molecule has 1 atom stereocenters. The molecule has 4 rings (SSSR count). The first-order chi connectivity index (χ1) is 15.2. The number of benzene rings is 3. The van der Waals surface area contributed by atoms with Crippen LogP contribution in [-0.2, 0) is 14.4 Å². The van der Waals surface area contributed by atoms with E-state index in [9.17, 15) is 4.79 Å². The molecule has 0 aromatic heterocycles. The molecule has 1 fully saturated rings. The Morgan fingerprint density at radius 1 is 0.812 bits per heavy atom. The molecule has 1 aliphatic heterocycles. The molecule has 3 aromatic carbocycles. The van der Waals surface area contributed by atoms with E-state index in [0.717, 1.165) is 18.7 Å². The number of esters is 1. The van der Waals surface area contributed by atoms with Crippen molar-refractivity contribution in [1.82, 2.24) is 4.90 Å². The van der Waals surface area contributed by atoms with E-state index in [-0.39, 0.29) is 18.5 Å². The second-order valence-corrected chi connectivity index (χ2v) is 8.62. The molecule has 1 aliphatic rings. The number of alkyl halides is 1. The van der Waals surface area contributed by atoms with Gasteiger partial charge in [0.2, 0.25) is 0 Å². The number of carbonyl (C=O) groups is 1. The molecule has 0 saturated carbocycles. The molecule has 0 amide bonds. The van der Waals surface area contributed by atoms with Crippen LogP contribution in [0.25, 0.3) is 0 Å². The van der Waals surface area contributed by atoms with Crippen molar-refractivity contribution in [2.45, 2.75) is 30.2 Å². The van der Waals surface area contributed by atoms with Crippen LogP contribution in [0.4, 0.5) is 0 Å². The van der Waals surface area contributed by atoms with Crippen molar-refractivity contribution in [1.29, 1.82) is 0 Å². The summed E-state index contributed by atoms with van der Waals surface area (Å²) in [6, 6.07) is 28.9. The molecular formula is C27H29Cl2NO2. The fourth-order valence-corrected chi connectivity index (χ4v) is 4.50. The van der Waals surface area contributed by atoms with Gasteiger partial charge in [-0.15, -0.1) is 12.4 Å². The van der Waals surface area contributed by atoms with Crippen molar-refractivity contribution < 1.29 is 9.53 Å². The number of rotatable bonds is 7. The largest absolute Gasteiger partial charge is 0.454 e. The van der Waals surface area contributed by atoms with E-state index >= 15 is 0 Å². The number of piperidine rings is 1. The van der Waals surface area contributed by atoms with E-state index in [0.29, 0.717) is 17.7 Å². The average molecular weight is 470 g/mol. The van der Waals surface area contributed by atoms with Gasteiger partial charge in [0.1, 0.15) is 6.10 Å². The Kier molecular flexibility index (Phi) is 8.75. The van der Waals surface area contributed by atoms with Crippen LogP contribution in [-0.4, -0.2) is 30.5 Å². The fraction of sp³-hybridized carbons (Fsp3) is 0.296. The molecule has 3 nitrogen and oxygen atoms in total. The van der Waals surface area contributed by atoms with Gasteiger partial charge in [-0.3, -0.25) is 4.90 Å². The molecule has 0 bridgehead atoms. The smallest absolute Gasteiger partial charge is 0.337 e. The average Bonchev–Trinajstić information content (AvgIpc) is 2.85. The molecule has 168 valence electrons. The van der Waals surface area contributed by atoms with Crippen LogP contribution in [0.3, 0.4) is 0 Å². The zero-order valence-corrected chi connectivity index (χ0v) is 19.6. The van der Waals surface area contributed by atoms with Crippen molar-refractivity contribution in [3.63, 3.8) is 0 Å². The summed E-state index contributed by atoms with van der Waals surface area (Å²) in [6.45, 7) is 2.74. The molecule has 0 aliphatic carbocycles. The number of likely N-dealkylation sites (tertiary alicyclic amines) is 1. The summed E-state index contributed by atoms with van der Waals surface area (Å²) in [5.41, 5.74) is 2.40. The van der Waals surface area contributed by atoms with Gasteiger partial charge in [0, 0.05) is 6.54 Å². The third-order valence-corrected chi connectivity index (χ3v) is 6.51. The van der Waals surface area contributed by atoms with Crippen LogP contribution in [0.15, 0.2) is 91.0 Å². The summed E-state index contributed by atoms with van der Waals surface area (Å²) in [5, 5.41) is 0. The Labute approximate surface area is 201 Å². The molecule has 32 heavy (non-hydrogen) atoms. The highest BCUT2D eigenvalue weighted by Gasteiger charge is 2.43. The van der Waals surface area contributed by atoms with Gasteiger partial charge in [-0.1, -0.05) is 109 Å². The van der Waals surface area contributed by atoms with E-state index in [1.165, 1.54) is 19.3 Å². The highest BCUT2D eigenvalue weighted by Crippen LogP contribution is 2.39. The standard InChI is InChI=1S/C27H28ClNO2.ClH/c28-27(23-15-7-2-8-16-23,24-17-9-3-10-18-24)26(30)31-25(22-13-5-1-6-14-22)21-29-19-11-4-12-20-29;/h1-3,5-10,13-18,25H,4,11-12,19-21H2;1H. The van der Waals surface area contributed by atoms with Gasteiger partial charge in [-0.05, 0) is 42.6 Å². The Morgan fingerprint density at radius 2 is 1.28 bits per heavy atom. The predicted octanol–water partition coefficient (Wildman–Crippen LogP) is 6.36. The first kappa shape index (κ1) is 24.3. The van der Waals surface area contributed by atoms with E-state index in [4.69, 9.17) is 16.3 Å². The van der Waals surface area contributed by atoms with Crippen molar-refractivity contribution in [3.05, 3.63) is 108 Å². The minimum atomic E-state index is -1.41. The molecule has 1 unspecified atom stereocenters. The number of nitrogens with zero attached hydrogens (tertiary/aromatic N) is 1. The third kappa shape index (κ3) is 5.53. The quantitative estimate of drug-likeness (QED) is 0.297. The predicted molar refractivity (Wildman–Crippen MR) is 132 cm³/mol. The van der Waals surface area contributed by atoms with Crippen LogP contribution in [0, 0.1) is 0 Å². The number of ether oxygens (including phenoxy) is 1.